The second-order valence-electron chi connectivity index (χ2n) is 8.35. The Labute approximate surface area is 186 Å². The van der Waals surface area contributed by atoms with E-state index in [-0.39, 0.29) is 29.6 Å². The highest BCUT2D eigenvalue weighted by Crippen LogP contribution is 2.42. The summed E-state index contributed by atoms with van der Waals surface area (Å²) in [7, 11) is 0. The number of amides is 1. The van der Waals surface area contributed by atoms with Gasteiger partial charge in [-0.3, -0.25) is 14.5 Å². The van der Waals surface area contributed by atoms with Crippen LogP contribution in [0.1, 0.15) is 42.4 Å². The lowest BCUT2D eigenvalue weighted by Crippen LogP contribution is -2.60. The highest BCUT2D eigenvalue weighted by atomic mass is 32.1. The van der Waals surface area contributed by atoms with Crippen LogP contribution in [-0.2, 0) is 15.1 Å². The van der Waals surface area contributed by atoms with Crippen LogP contribution in [0.3, 0.4) is 0 Å². The molecule has 1 aromatic heterocycles. The van der Waals surface area contributed by atoms with Gasteiger partial charge in [-0.1, -0.05) is 24.3 Å². The maximum absolute atomic E-state index is 13.5. The first kappa shape index (κ1) is 22.4. The molecule has 1 aromatic carbocycles. The molecular formula is C22H27N3O3S2. The molecule has 30 heavy (non-hydrogen) atoms. The van der Waals surface area contributed by atoms with Gasteiger partial charge in [-0.15, -0.1) is 11.3 Å². The summed E-state index contributed by atoms with van der Waals surface area (Å²) in [6.07, 6.45) is 0.598. The van der Waals surface area contributed by atoms with E-state index < -0.39 is 11.0 Å². The van der Waals surface area contributed by atoms with Crippen LogP contribution in [0.25, 0.3) is 0 Å². The van der Waals surface area contributed by atoms with Crippen molar-refractivity contribution < 1.29 is 14.3 Å². The van der Waals surface area contributed by atoms with Gasteiger partial charge in [0, 0.05) is 10.4 Å². The van der Waals surface area contributed by atoms with Crippen molar-refractivity contribution in [2.45, 2.75) is 38.8 Å². The summed E-state index contributed by atoms with van der Waals surface area (Å²) >= 11 is 6.91. The second-order valence-corrected chi connectivity index (χ2v) is 9.72. The third-order valence-corrected chi connectivity index (χ3v) is 6.48. The molecule has 1 saturated heterocycles. The minimum absolute atomic E-state index is 0.00639. The highest BCUT2D eigenvalue weighted by molar-refractivity contribution is 7.80. The van der Waals surface area contributed by atoms with Gasteiger partial charge in [0.15, 0.2) is 5.11 Å². The molecule has 6 nitrogen and oxygen atoms in total. The number of nitrogens with two attached hydrogens (primary N) is 1. The summed E-state index contributed by atoms with van der Waals surface area (Å²) in [5.74, 6) is -0.570. The van der Waals surface area contributed by atoms with E-state index in [0.717, 1.165) is 4.88 Å². The summed E-state index contributed by atoms with van der Waals surface area (Å²) in [6.45, 7) is 6.17. The fourth-order valence-corrected chi connectivity index (χ4v) is 4.98. The van der Waals surface area contributed by atoms with Crippen LogP contribution in [0.5, 0.6) is 0 Å². The number of carbonyl (C=O) groups is 2. The lowest BCUT2D eigenvalue weighted by molar-refractivity contribution is -0.154. The fourth-order valence-electron chi connectivity index (χ4n) is 3.74. The Hall–Kier alpha value is -2.29. The number of thiocarbonyl (C=S) groups is 1. The van der Waals surface area contributed by atoms with Crippen LogP contribution in [-0.4, -0.2) is 41.1 Å². The molecule has 1 fully saturated rings. The lowest BCUT2D eigenvalue weighted by atomic mass is 9.86. The molecule has 0 bridgehead atoms. The average molecular weight is 446 g/mol. The highest BCUT2D eigenvalue weighted by Gasteiger charge is 2.53. The van der Waals surface area contributed by atoms with Crippen molar-refractivity contribution in [1.29, 1.82) is 0 Å². The molecule has 2 heterocycles. The van der Waals surface area contributed by atoms with Crippen LogP contribution in [0.4, 0.5) is 0 Å². The third kappa shape index (κ3) is 4.26. The Kier molecular flexibility index (Phi) is 6.59. The van der Waals surface area contributed by atoms with Crippen molar-refractivity contribution in [1.82, 2.24) is 10.2 Å². The van der Waals surface area contributed by atoms with Crippen molar-refractivity contribution in [3.8, 4) is 0 Å². The minimum atomic E-state index is -0.842. The number of thiophene rings is 1. The van der Waals surface area contributed by atoms with Crippen LogP contribution in [0.2, 0.25) is 0 Å². The quantitative estimate of drug-likeness (QED) is 0.543. The molecular weight excluding hydrogens is 418 g/mol. The van der Waals surface area contributed by atoms with E-state index in [1.54, 1.807) is 24.3 Å². The number of hydrogen-bond acceptors (Lipinski definition) is 6. The summed E-state index contributed by atoms with van der Waals surface area (Å²) in [5.41, 5.74) is 5.18. The Morgan fingerprint density at radius 3 is 2.53 bits per heavy atom. The third-order valence-electron chi connectivity index (χ3n) is 5.26. The topological polar surface area (TPSA) is 84.7 Å². The molecule has 0 saturated carbocycles. The molecule has 1 aliphatic heterocycles. The van der Waals surface area contributed by atoms with E-state index in [2.05, 4.69) is 5.32 Å². The smallest absolute Gasteiger partial charge is 0.311 e. The zero-order valence-electron chi connectivity index (χ0n) is 17.4. The maximum Gasteiger partial charge on any atom is 0.311 e. The molecule has 0 aliphatic carbocycles. The number of hydrogen-bond donors (Lipinski definition) is 2. The Bertz CT molecular complexity index is 909. The van der Waals surface area contributed by atoms with Crippen molar-refractivity contribution in [3.63, 3.8) is 0 Å². The number of nitrogens with zero attached hydrogens (tertiary/aromatic N) is 1. The molecule has 3 N–H and O–H groups in total. The summed E-state index contributed by atoms with van der Waals surface area (Å²) < 4.78 is 5.64. The van der Waals surface area contributed by atoms with E-state index in [4.69, 9.17) is 22.7 Å². The van der Waals surface area contributed by atoms with Gasteiger partial charge in [0.2, 0.25) is 0 Å². The molecule has 3 rings (SSSR count). The standard InChI is InChI=1S/C22H27N3O3S2/c1-21(2,3)19(27)28-14-16-22(11-12-24-16,17-10-7-13-30-17)25(20(23)29)18(26)15-8-5-4-6-9-15/h4-10,13,16,24H,11-12,14H2,1-3H3,(H2,23,29). The molecule has 0 radical (unpaired) electrons. The van der Waals surface area contributed by atoms with Gasteiger partial charge in [-0.05, 0) is 69.5 Å². The normalized spacial score (nSPS) is 21.2. The molecule has 2 aromatic rings. The molecule has 2 atom stereocenters. The number of rotatable bonds is 5. The molecule has 1 aliphatic rings. The minimum Gasteiger partial charge on any atom is -0.464 e. The molecule has 1 amide bonds. The Balaban J connectivity index is 2.03. The van der Waals surface area contributed by atoms with Crippen molar-refractivity contribution in [2.24, 2.45) is 11.1 Å². The van der Waals surface area contributed by atoms with E-state index in [0.29, 0.717) is 18.5 Å². The maximum atomic E-state index is 13.5. The van der Waals surface area contributed by atoms with Gasteiger partial charge in [0.25, 0.3) is 5.91 Å². The van der Waals surface area contributed by atoms with Gasteiger partial charge < -0.3 is 15.8 Å². The number of ether oxygens (including phenoxy) is 1. The number of carbonyl (C=O) groups excluding carboxylic acids is 2. The van der Waals surface area contributed by atoms with Crippen molar-refractivity contribution in [3.05, 3.63) is 58.3 Å². The van der Waals surface area contributed by atoms with Crippen LogP contribution in [0, 0.1) is 5.41 Å². The first-order valence-electron chi connectivity index (χ1n) is 9.81. The monoisotopic (exact) mass is 445 g/mol. The molecule has 2 unspecified atom stereocenters. The summed E-state index contributed by atoms with van der Waals surface area (Å²) in [6, 6.07) is 12.5. The Morgan fingerprint density at radius 1 is 1.27 bits per heavy atom. The van der Waals surface area contributed by atoms with Gasteiger partial charge in [-0.25, -0.2) is 0 Å². The summed E-state index contributed by atoms with van der Waals surface area (Å²) in [4.78, 5) is 28.4. The second kappa shape index (κ2) is 8.83. The SMILES string of the molecule is CC(C)(C)C(=O)OCC1NCCC1(c1cccs1)N(C(=O)c1ccccc1)C(N)=S. The zero-order valence-corrected chi connectivity index (χ0v) is 19.0. The van der Waals surface area contributed by atoms with Gasteiger partial charge in [0.1, 0.15) is 12.1 Å². The molecule has 160 valence electrons. The van der Waals surface area contributed by atoms with Crippen molar-refractivity contribution in [2.75, 3.05) is 13.2 Å². The van der Waals surface area contributed by atoms with Crippen molar-refractivity contribution >= 4 is 40.5 Å². The van der Waals surface area contributed by atoms with Crippen LogP contribution < -0.4 is 11.1 Å². The van der Waals surface area contributed by atoms with Gasteiger partial charge >= 0.3 is 5.97 Å². The van der Waals surface area contributed by atoms with E-state index in [9.17, 15) is 9.59 Å². The van der Waals surface area contributed by atoms with Gasteiger partial charge in [-0.2, -0.15) is 0 Å². The average Bonchev–Trinajstić information content (AvgIpc) is 3.36. The van der Waals surface area contributed by atoms with Crippen LogP contribution >= 0.6 is 23.6 Å². The lowest BCUT2D eigenvalue weighted by Gasteiger charge is -2.43. The number of nitrogens with one attached hydrogen (secondary N) is 1. The molecule has 8 heteroatoms. The molecule has 0 spiro atoms. The first-order chi connectivity index (χ1) is 14.2. The number of benzene rings is 1. The predicted molar refractivity (Wildman–Crippen MR) is 122 cm³/mol. The van der Waals surface area contributed by atoms with E-state index >= 15 is 0 Å². The Morgan fingerprint density at radius 2 is 1.97 bits per heavy atom. The number of esters is 1. The van der Waals surface area contributed by atoms with Gasteiger partial charge in [0.05, 0.1) is 11.5 Å². The first-order valence-corrected chi connectivity index (χ1v) is 11.1. The van der Waals surface area contributed by atoms with Crippen LogP contribution in [0.15, 0.2) is 47.8 Å². The largest absolute Gasteiger partial charge is 0.464 e. The zero-order chi connectivity index (χ0) is 21.9. The fraction of sp³-hybridized carbons (Fsp3) is 0.409. The predicted octanol–water partition coefficient (Wildman–Crippen LogP) is 3.28. The van der Waals surface area contributed by atoms with E-state index in [1.165, 1.54) is 16.2 Å². The summed E-state index contributed by atoms with van der Waals surface area (Å²) in [5, 5.41) is 5.35. The van der Waals surface area contributed by atoms with E-state index in [1.807, 2.05) is 44.4 Å².